The highest BCUT2D eigenvalue weighted by Gasteiger charge is 2.25. The first-order valence-corrected chi connectivity index (χ1v) is 11.0. The Balaban J connectivity index is 1.10. The molecule has 156 valence electrons. The van der Waals surface area contributed by atoms with E-state index in [0.717, 1.165) is 57.9 Å². The van der Waals surface area contributed by atoms with E-state index in [0.29, 0.717) is 18.4 Å². The van der Waals surface area contributed by atoms with Gasteiger partial charge in [-0.05, 0) is 50.3 Å². The molecule has 6 heteroatoms. The van der Waals surface area contributed by atoms with Crippen LogP contribution in [0.2, 0.25) is 0 Å². The Morgan fingerprint density at radius 2 is 1.86 bits per heavy atom. The van der Waals surface area contributed by atoms with Crippen molar-refractivity contribution in [2.75, 3.05) is 26.2 Å². The number of imidazole rings is 1. The summed E-state index contributed by atoms with van der Waals surface area (Å²) in [5.74, 6) is 1.95. The van der Waals surface area contributed by atoms with Gasteiger partial charge in [-0.3, -0.25) is 14.6 Å². The number of nitrogens with zero attached hydrogens (tertiary/aromatic N) is 3. The maximum atomic E-state index is 12.4. The molecule has 2 fully saturated rings. The molecule has 2 saturated heterocycles. The second-order valence-electron chi connectivity index (χ2n) is 8.57. The van der Waals surface area contributed by atoms with Crippen molar-refractivity contribution in [3.63, 3.8) is 0 Å². The maximum Gasteiger partial charge on any atom is 0.220 e. The summed E-state index contributed by atoms with van der Waals surface area (Å²) in [5.41, 5.74) is 1.35. The SMILES string of the molecule is O=C(CCC1CCN(Cc2ncc[nH]2)CC1)N[C@@H]1CCN(Cc2ccccc2)C1. The number of carbonyl (C=O) groups is 1. The molecule has 0 saturated carbocycles. The molecule has 0 spiro atoms. The quantitative estimate of drug-likeness (QED) is 0.721. The third-order valence-electron chi connectivity index (χ3n) is 6.30. The lowest BCUT2D eigenvalue weighted by Crippen LogP contribution is -2.37. The molecule has 29 heavy (non-hydrogen) atoms. The van der Waals surface area contributed by atoms with Crippen LogP contribution in [0.4, 0.5) is 0 Å². The molecule has 2 N–H and O–H groups in total. The molecule has 6 nitrogen and oxygen atoms in total. The average molecular weight is 396 g/mol. The fraction of sp³-hybridized carbons (Fsp3) is 0.565. The number of nitrogens with one attached hydrogen (secondary N) is 2. The number of rotatable bonds is 8. The van der Waals surface area contributed by atoms with E-state index in [4.69, 9.17) is 0 Å². The van der Waals surface area contributed by atoms with Crippen LogP contribution in [0.5, 0.6) is 0 Å². The predicted octanol–water partition coefficient (Wildman–Crippen LogP) is 2.79. The smallest absolute Gasteiger partial charge is 0.220 e. The number of aromatic nitrogens is 2. The lowest BCUT2D eigenvalue weighted by molar-refractivity contribution is -0.122. The Morgan fingerprint density at radius 1 is 1.07 bits per heavy atom. The Hall–Kier alpha value is -2.18. The van der Waals surface area contributed by atoms with E-state index in [9.17, 15) is 4.79 Å². The first-order valence-electron chi connectivity index (χ1n) is 11.0. The van der Waals surface area contributed by atoms with Crippen LogP contribution in [0, 0.1) is 5.92 Å². The van der Waals surface area contributed by atoms with Crippen molar-refractivity contribution in [2.24, 2.45) is 5.92 Å². The van der Waals surface area contributed by atoms with Crippen molar-refractivity contribution in [3.05, 3.63) is 54.1 Å². The Kier molecular flexibility index (Phi) is 6.96. The first kappa shape index (κ1) is 20.1. The number of hydrogen-bond acceptors (Lipinski definition) is 4. The zero-order chi connectivity index (χ0) is 19.9. The number of likely N-dealkylation sites (tertiary alicyclic amines) is 2. The summed E-state index contributed by atoms with van der Waals surface area (Å²) in [6.07, 6.45) is 8.80. The van der Waals surface area contributed by atoms with Gasteiger partial charge in [-0.1, -0.05) is 30.3 Å². The van der Waals surface area contributed by atoms with Gasteiger partial charge in [-0.25, -0.2) is 4.98 Å². The van der Waals surface area contributed by atoms with Crippen LogP contribution in [0.25, 0.3) is 0 Å². The van der Waals surface area contributed by atoms with Gasteiger partial charge in [0.2, 0.25) is 5.91 Å². The Labute approximate surface area is 173 Å². The molecule has 0 bridgehead atoms. The van der Waals surface area contributed by atoms with Gasteiger partial charge in [-0.15, -0.1) is 0 Å². The summed E-state index contributed by atoms with van der Waals surface area (Å²) in [7, 11) is 0. The molecule has 1 amide bonds. The summed E-state index contributed by atoms with van der Waals surface area (Å²) in [4.78, 5) is 24.8. The fourth-order valence-corrected chi connectivity index (χ4v) is 4.60. The molecule has 1 aromatic carbocycles. The number of hydrogen-bond donors (Lipinski definition) is 2. The van der Waals surface area contributed by atoms with Crippen LogP contribution in [0.1, 0.15) is 43.5 Å². The van der Waals surface area contributed by atoms with Crippen LogP contribution in [0.15, 0.2) is 42.7 Å². The molecule has 0 unspecified atom stereocenters. The molecule has 1 atom stereocenters. The van der Waals surface area contributed by atoms with E-state index in [-0.39, 0.29) is 5.91 Å². The van der Waals surface area contributed by atoms with Crippen LogP contribution in [0.3, 0.4) is 0 Å². The van der Waals surface area contributed by atoms with Crippen LogP contribution >= 0.6 is 0 Å². The van der Waals surface area contributed by atoms with E-state index in [1.165, 1.54) is 18.4 Å². The molecule has 1 aromatic heterocycles. The second-order valence-corrected chi connectivity index (χ2v) is 8.57. The van der Waals surface area contributed by atoms with E-state index < -0.39 is 0 Å². The largest absolute Gasteiger partial charge is 0.352 e. The highest BCUT2D eigenvalue weighted by Crippen LogP contribution is 2.23. The van der Waals surface area contributed by atoms with E-state index in [1.807, 2.05) is 12.4 Å². The Bertz CT molecular complexity index is 740. The van der Waals surface area contributed by atoms with Crippen LogP contribution in [-0.2, 0) is 17.9 Å². The van der Waals surface area contributed by atoms with Crippen molar-refractivity contribution in [2.45, 2.75) is 51.2 Å². The third-order valence-corrected chi connectivity index (χ3v) is 6.30. The molecule has 3 heterocycles. The first-order chi connectivity index (χ1) is 14.2. The number of aromatic amines is 1. The number of benzene rings is 1. The van der Waals surface area contributed by atoms with E-state index in [2.05, 4.69) is 55.4 Å². The fourth-order valence-electron chi connectivity index (χ4n) is 4.60. The minimum Gasteiger partial charge on any atom is -0.352 e. The topological polar surface area (TPSA) is 64.3 Å². The molecule has 2 aromatic rings. The van der Waals surface area contributed by atoms with Gasteiger partial charge in [-0.2, -0.15) is 0 Å². The van der Waals surface area contributed by atoms with Gasteiger partial charge in [0.05, 0.1) is 6.54 Å². The minimum absolute atomic E-state index is 0.231. The van der Waals surface area contributed by atoms with Crippen molar-refractivity contribution < 1.29 is 4.79 Å². The third kappa shape index (κ3) is 6.15. The molecular formula is C23H33N5O. The van der Waals surface area contributed by atoms with Gasteiger partial charge >= 0.3 is 0 Å². The van der Waals surface area contributed by atoms with Crippen molar-refractivity contribution >= 4 is 5.91 Å². The van der Waals surface area contributed by atoms with Crippen molar-refractivity contribution in [3.8, 4) is 0 Å². The lowest BCUT2D eigenvalue weighted by atomic mass is 9.92. The zero-order valence-corrected chi connectivity index (χ0v) is 17.2. The highest BCUT2D eigenvalue weighted by molar-refractivity contribution is 5.76. The van der Waals surface area contributed by atoms with E-state index >= 15 is 0 Å². The average Bonchev–Trinajstić information content (AvgIpc) is 3.40. The molecular weight excluding hydrogens is 362 g/mol. The molecule has 2 aliphatic heterocycles. The van der Waals surface area contributed by atoms with Crippen LogP contribution < -0.4 is 5.32 Å². The Morgan fingerprint density at radius 3 is 2.62 bits per heavy atom. The van der Waals surface area contributed by atoms with Gasteiger partial charge < -0.3 is 10.3 Å². The summed E-state index contributed by atoms with van der Waals surface area (Å²) < 4.78 is 0. The van der Waals surface area contributed by atoms with Gasteiger partial charge in [0.15, 0.2) is 0 Å². The van der Waals surface area contributed by atoms with Crippen molar-refractivity contribution in [1.82, 2.24) is 25.1 Å². The molecule has 0 radical (unpaired) electrons. The number of piperidine rings is 1. The summed E-state index contributed by atoms with van der Waals surface area (Å²) in [6.45, 7) is 6.11. The zero-order valence-electron chi connectivity index (χ0n) is 17.2. The number of H-pyrrole nitrogens is 1. The standard InChI is InChI=1S/C23H33N5O/c29-23(26-21-10-15-28(17-21)16-20-4-2-1-3-5-20)7-6-19-8-13-27(14-9-19)18-22-24-11-12-25-22/h1-5,11-12,19,21H,6-10,13-18H2,(H,24,25)(H,26,29)/t21-/m1/s1. The molecule has 2 aliphatic rings. The van der Waals surface area contributed by atoms with Gasteiger partial charge in [0, 0.05) is 44.5 Å². The molecule has 4 rings (SSSR count). The summed E-state index contributed by atoms with van der Waals surface area (Å²) in [6, 6.07) is 10.9. The predicted molar refractivity (Wildman–Crippen MR) is 114 cm³/mol. The highest BCUT2D eigenvalue weighted by atomic mass is 16.1. The number of carbonyl (C=O) groups excluding carboxylic acids is 1. The van der Waals surface area contributed by atoms with Gasteiger partial charge in [0.25, 0.3) is 0 Å². The van der Waals surface area contributed by atoms with Crippen molar-refractivity contribution in [1.29, 1.82) is 0 Å². The normalized spacial score (nSPS) is 21.4. The van der Waals surface area contributed by atoms with E-state index in [1.54, 1.807) is 0 Å². The van der Waals surface area contributed by atoms with Crippen LogP contribution in [-0.4, -0.2) is 57.9 Å². The minimum atomic E-state index is 0.231. The maximum absolute atomic E-state index is 12.4. The monoisotopic (exact) mass is 395 g/mol. The second kappa shape index (κ2) is 10.0. The summed E-state index contributed by atoms with van der Waals surface area (Å²) >= 11 is 0. The molecule has 0 aliphatic carbocycles. The number of amides is 1. The lowest BCUT2D eigenvalue weighted by Gasteiger charge is -2.31. The summed E-state index contributed by atoms with van der Waals surface area (Å²) in [5, 5.41) is 3.27. The van der Waals surface area contributed by atoms with Gasteiger partial charge in [0.1, 0.15) is 5.82 Å².